The molecule has 0 bridgehead atoms. The maximum Gasteiger partial charge on any atom is 0.188 e. The van der Waals surface area contributed by atoms with Gasteiger partial charge in [0.2, 0.25) is 0 Å². The topological polar surface area (TPSA) is 26.3 Å². The first-order valence-electron chi connectivity index (χ1n) is 4.34. The second kappa shape index (κ2) is 4.77. The summed E-state index contributed by atoms with van der Waals surface area (Å²) in [6, 6.07) is 0. The van der Waals surface area contributed by atoms with Crippen molar-refractivity contribution < 1.29 is 9.53 Å². The van der Waals surface area contributed by atoms with E-state index >= 15 is 0 Å². The van der Waals surface area contributed by atoms with E-state index in [0.29, 0.717) is 0 Å². The molecule has 0 aromatic rings. The van der Waals surface area contributed by atoms with Crippen molar-refractivity contribution in [1.29, 1.82) is 0 Å². The van der Waals surface area contributed by atoms with E-state index in [2.05, 4.69) is 0 Å². The molecule has 0 aliphatic heterocycles. The number of hydrogen-bond donors (Lipinski definition) is 0. The Morgan fingerprint density at radius 1 is 1.62 bits per heavy atom. The van der Waals surface area contributed by atoms with Crippen molar-refractivity contribution in [2.75, 3.05) is 7.11 Å². The fraction of sp³-hybridized carbons (Fsp3) is 0.364. The molecule has 1 aliphatic rings. The van der Waals surface area contributed by atoms with E-state index in [1.54, 1.807) is 19.3 Å². The van der Waals surface area contributed by atoms with E-state index in [4.69, 9.17) is 4.74 Å². The first-order chi connectivity index (χ1) is 6.29. The normalized spacial score (nSPS) is 22.5. The summed E-state index contributed by atoms with van der Waals surface area (Å²) in [7, 11) is 1.56. The zero-order valence-corrected chi connectivity index (χ0v) is 7.99. The Morgan fingerprint density at radius 3 is 3.00 bits per heavy atom. The third-order valence-corrected chi connectivity index (χ3v) is 1.99. The van der Waals surface area contributed by atoms with Crippen LogP contribution in [0.2, 0.25) is 0 Å². The second-order valence-corrected chi connectivity index (χ2v) is 2.89. The smallest absolute Gasteiger partial charge is 0.188 e. The summed E-state index contributed by atoms with van der Waals surface area (Å²) in [5.74, 6) is 0.0319. The Morgan fingerprint density at radius 2 is 2.38 bits per heavy atom. The van der Waals surface area contributed by atoms with Crippen LogP contribution in [0.5, 0.6) is 0 Å². The molecule has 0 spiro atoms. The Labute approximate surface area is 78.6 Å². The summed E-state index contributed by atoms with van der Waals surface area (Å²) in [5, 5.41) is 0. The van der Waals surface area contributed by atoms with Crippen LogP contribution in [0.3, 0.4) is 0 Å². The van der Waals surface area contributed by atoms with Gasteiger partial charge in [0.15, 0.2) is 5.78 Å². The van der Waals surface area contributed by atoms with Gasteiger partial charge in [0, 0.05) is 7.11 Å². The summed E-state index contributed by atoms with van der Waals surface area (Å²) < 4.78 is 5.11. The Kier molecular flexibility index (Phi) is 3.65. The van der Waals surface area contributed by atoms with Gasteiger partial charge in [-0.15, -0.1) is 0 Å². The van der Waals surface area contributed by atoms with Crippen molar-refractivity contribution >= 4 is 5.78 Å². The van der Waals surface area contributed by atoms with Gasteiger partial charge < -0.3 is 4.74 Å². The van der Waals surface area contributed by atoms with Crippen molar-refractivity contribution in [2.45, 2.75) is 19.4 Å². The molecule has 0 amide bonds. The van der Waals surface area contributed by atoms with E-state index in [0.717, 1.165) is 12.0 Å². The van der Waals surface area contributed by atoms with E-state index < -0.39 is 0 Å². The molecule has 0 fully saturated rings. The number of rotatable bonds is 3. The molecule has 70 valence electrons. The van der Waals surface area contributed by atoms with Crippen LogP contribution in [0.4, 0.5) is 0 Å². The van der Waals surface area contributed by atoms with Crippen LogP contribution in [0.1, 0.15) is 13.3 Å². The molecular weight excluding hydrogens is 164 g/mol. The molecule has 0 radical (unpaired) electrons. The van der Waals surface area contributed by atoms with Gasteiger partial charge in [-0.3, -0.25) is 4.79 Å². The number of carbonyl (C=O) groups is 1. The van der Waals surface area contributed by atoms with Crippen molar-refractivity contribution in [3.63, 3.8) is 0 Å². The lowest BCUT2D eigenvalue weighted by molar-refractivity contribution is -0.122. The fourth-order valence-electron chi connectivity index (χ4n) is 1.32. The highest BCUT2D eigenvalue weighted by Gasteiger charge is 2.20. The minimum Gasteiger partial charge on any atom is -0.369 e. The number of hydrogen-bond acceptors (Lipinski definition) is 2. The van der Waals surface area contributed by atoms with Gasteiger partial charge in [-0.25, -0.2) is 0 Å². The maximum absolute atomic E-state index is 11.3. The van der Waals surface area contributed by atoms with Crippen molar-refractivity contribution in [3.05, 3.63) is 36.0 Å². The molecule has 1 rings (SSSR count). The number of ketones is 1. The zero-order valence-electron chi connectivity index (χ0n) is 7.99. The van der Waals surface area contributed by atoms with Crippen LogP contribution in [-0.4, -0.2) is 19.0 Å². The minimum atomic E-state index is -0.374. The summed E-state index contributed by atoms with van der Waals surface area (Å²) in [6.45, 7) is 1.96. The first-order valence-corrected chi connectivity index (χ1v) is 4.34. The fourth-order valence-corrected chi connectivity index (χ4v) is 1.32. The van der Waals surface area contributed by atoms with Gasteiger partial charge >= 0.3 is 0 Å². The molecule has 0 heterocycles. The Hall–Kier alpha value is -1.15. The monoisotopic (exact) mass is 178 g/mol. The number of methoxy groups -OCH3 is 1. The third-order valence-electron chi connectivity index (χ3n) is 1.99. The number of allylic oxidation sites excluding steroid dienone is 4. The number of carbonyl (C=O) groups excluding carboxylic acids is 1. The maximum atomic E-state index is 11.3. The molecule has 1 aliphatic carbocycles. The van der Waals surface area contributed by atoms with Crippen molar-refractivity contribution in [1.82, 2.24) is 0 Å². The summed E-state index contributed by atoms with van der Waals surface area (Å²) in [4.78, 5) is 11.3. The lowest BCUT2D eigenvalue weighted by Crippen LogP contribution is -2.25. The lowest BCUT2D eigenvalue weighted by Gasteiger charge is -2.17. The molecule has 0 saturated carbocycles. The molecule has 2 nitrogen and oxygen atoms in total. The average Bonchev–Trinajstić information content (AvgIpc) is 2.15. The molecule has 1 atom stereocenters. The molecule has 0 aromatic carbocycles. The molecule has 0 N–H and O–H groups in total. The highest BCUT2D eigenvalue weighted by atomic mass is 16.5. The molecule has 0 aromatic heterocycles. The first kappa shape index (κ1) is 9.93. The SMILES string of the molecule is CC=CCC1=CC=CC(=O)C1OC. The van der Waals surface area contributed by atoms with Crippen LogP contribution in [0, 0.1) is 0 Å². The Balaban J connectivity index is 2.74. The summed E-state index contributed by atoms with van der Waals surface area (Å²) >= 11 is 0. The zero-order chi connectivity index (χ0) is 9.68. The van der Waals surface area contributed by atoms with Crippen LogP contribution in [0.15, 0.2) is 36.0 Å². The van der Waals surface area contributed by atoms with E-state index in [1.165, 1.54) is 0 Å². The van der Waals surface area contributed by atoms with Gasteiger partial charge in [-0.2, -0.15) is 0 Å². The van der Waals surface area contributed by atoms with Crippen molar-refractivity contribution in [2.24, 2.45) is 0 Å². The van der Waals surface area contributed by atoms with Crippen LogP contribution in [-0.2, 0) is 9.53 Å². The lowest BCUT2D eigenvalue weighted by atomic mass is 9.97. The third kappa shape index (κ3) is 2.39. The van der Waals surface area contributed by atoms with Gasteiger partial charge in [-0.05, 0) is 25.0 Å². The van der Waals surface area contributed by atoms with E-state index in [9.17, 15) is 4.79 Å². The molecular formula is C11H14O2. The summed E-state index contributed by atoms with van der Waals surface area (Å²) in [5.41, 5.74) is 1.02. The number of ether oxygens (including phenoxy) is 1. The quantitative estimate of drug-likeness (QED) is 0.618. The standard InChI is InChI=1S/C11H14O2/c1-3-4-6-9-7-5-8-10(12)11(9)13-2/h3-5,7-8,11H,6H2,1-2H3. The molecule has 2 heteroatoms. The molecule has 1 unspecified atom stereocenters. The van der Waals surface area contributed by atoms with Gasteiger partial charge in [-0.1, -0.05) is 24.3 Å². The molecule has 13 heavy (non-hydrogen) atoms. The van der Waals surface area contributed by atoms with Gasteiger partial charge in [0.1, 0.15) is 6.10 Å². The largest absolute Gasteiger partial charge is 0.369 e. The minimum absolute atomic E-state index is 0.0319. The Bertz CT molecular complexity index is 272. The van der Waals surface area contributed by atoms with Gasteiger partial charge in [0.05, 0.1) is 0 Å². The average molecular weight is 178 g/mol. The predicted octanol–water partition coefficient (Wildman–Crippen LogP) is 2.03. The molecule has 0 saturated heterocycles. The van der Waals surface area contributed by atoms with E-state index in [-0.39, 0.29) is 11.9 Å². The summed E-state index contributed by atoms with van der Waals surface area (Å²) in [6.07, 6.45) is 9.66. The van der Waals surface area contributed by atoms with Crippen molar-refractivity contribution in [3.8, 4) is 0 Å². The highest BCUT2D eigenvalue weighted by Crippen LogP contribution is 2.17. The predicted molar refractivity (Wildman–Crippen MR) is 52.5 cm³/mol. The second-order valence-electron chi connectivity index (χ2n) is 2.89. The highest BCUT2D eigenvalue weighted by molar-refractivity contribution is 5.97. The van der Waals surface area contributed by atoms with Crippen LogP contribution >= 0.6 is 0 Å². The van der Waals surface area contributed by atoms with Crippen LogP contribution in [0.25, 0.3) is 0 Å². The van der Waals surface area contributed by atoms with Gasteiger partial charge in [0.25, 0.3) is 0 Å². The van der Waals surface area contributed by atoms with E-state index in [1.807, 2.05) is 25.2 Å². The van der Waals surface area contributed by atoms with Crippen LogP contribution < -0.4 is 0 Å².